The van der Waals surface area contributed by atoms with Crippen LogP contribution in [0.5, 0.6) is 0 Å². The maximum absolute atomic E-state index is 5.05. The first-order valence-electron chi connectivity index (χ1n) is 5.26. The number of H-pyrrole nitrogens is 3. The smallest absolute Gasteiger partial charge is 0.215 e. The first-order chi connectivity index (χ1) is 8.75. The molecule has 0 atom stereocenters. The third-order valence-electron chi connectivity index (χ3n) is 2.59. The summed E-state index contributed by atoms with van der Waals surface area (Å²) >= 11 is 10.1. The molecule has 3 rings (SSSR count). The van der Waals surface area contributed by atoms with Gasteiger partial charge in [0.05, 0.1) is 6.21 Å². The highest BCUT2D eigenvalue weighted by Crippen LogP contribution is 2.15. The van der Waals surface area contributed by atoms with Crippen LogP contribution >= 0.6 is 24.4 Å². The molecule has 0 amide bonds. The lowest BCUT2D eigenvalue weighted by atomic mass is 10.2. The Morgan fingerprint density at radius 2 is 1.83 bits per heavy atom. The first-order valence-corrected chi connectivity index (χ1v) is 6.07. The number of aromatic nitrogens is 4. The zero-order valence-corrected chi connectivity index (χ0v) is 10.8. The van der Waals surface area contributed by atoms with E-state index < -0.39 is 0 Å². The Balaban J connectivity index is 2.08. The van der Waals surface area contributed by atoms with Crippen LogP contribution in [0.3, 0.4) is 0 Å². The van der Waals surface area contributed by atoms with Gasteiger partial charge >= 0.3 is 0 Å². The van der Waals surface area contributed by atoms with Gasteiger partial charge in [-0.1, -0.05) is 18.2 Å². The molecule has 3 aromatic rings. The third-order valence-corrected chi connectivity index (χ3v) is 3.14. The standard InChI is InChI=1S/C11H9N5S2/c17-10-14-15-11(18)16(10)13-6-7-5-12-9-4-2-1-3-8(7)9/h1-6,12H,(H,14,17)(H,15,18)/b13-6+. The molecule has 1 aromatic carbocycles. The SMILES string of the molecule is S=c1[nH][nH]c(=S)n1/N=C/c1c[nH]c2ccccc12. The summed E-state index contributed by atoms with van der Waals surface area (Å²) in [6.07, 6.45) is 3.63. The van der Waals surface area contributed by atoms with Crippen molar-refractivity contribution in [2.24, 2.45) is 5.10 Å². The second kappa shape index (κ2) is 4.35. The van der Waals surface area contributed by atoms with Crippen LogP contribution in [0.4, 0.5) is 0 Å². The van der Waals surface area contributed by atoms with Crippen LogP contribution in [0.15, 0.2) is 35.6 Å². The van der Waals surface area contributed by atoms with E-state index in [9.17, 15) is 0 Å². The highest BCUT2D eigenvalue weighted by Gasteiger charge is 2.00. The van der Waals surface area contributed by atoms with E-state index in [-0.39, 0.29) is 0 Å². The van der Waals surface area contributed by atoms with Gasteiger partial charge in [-0.15, -0.1) is 0 Å². The summed E-state index contributed by atoms with van der Waals surface area (Å²) in [5, 5.41) is 10.8. The number of nitrogens with zero attached hydrogens (tertiary/aromatic N) is 2. The number of hydrogen-bond donors (Lipinski definition) is 3. The molecule has 5 nitrogen and oxygen atoms in total. The maximum Gasteiger partial charge on any atom is 0.215 e. The lowest BCUT2D eigenvalue weighted by molar-refractivity contribution is 0.849. The number of para-hydroxylation sites is 1. The van der Waals surface area contributed by atoms with E-state index >= 15 is 0 Å². The molecule has 3 N–H and O–H groups in total. The molecule has 2 heterocycles. The molecular weight excluding hydrogens is 266 g/mol. The average molecular weight is 275 g/mol. The topological polar surface area (TPSA) is 64.7 Å². The van der Waals surface area contributed by atoms with Gasteiger partial charge in [-0.3, -0.25) is 10.2 Å². The van der Waals surface area contributed by atoms with Crippen LogP contribution in [0.25, 0.3) is 10.9 Å². The average Bonchev–Trinajstić information content (AvgIpc) is 2.93. The molecule has 90 valence electrons. The molecule has 0 radical (unpaired) electrons. The Labute approximate surface area is 112 Å². The molecule has 0 aliphatic rings. The van der Waals surface area contributed by atoms with E-state index in [4.69, 9.17) is 24.4 Å². The molecule has 0 spiro atoms. The summed E-state index contributed by atoms with van der Waals surface area (Å²) in [5.74, 6) is 0. The van der Waals surface area contributed by atoms with Gasteiger partial charge in [-0.05, 0) is 30.5 Å². The fraction of sp³-hybridized carbons (Fsp3) is 0. The van der Waals surface area contributed by atoms with Gasteiger partial charge in [0.2, 0.25) is 9.54 Å². The van der Waals surface area contributed by atoms with E-state index in [1.54, 1.807) is 6.21 Å². The van der Waals surface area contributed by atoms with Gasteiger partial charge in [-0.2, -0.15) is 9.78 Å². The number of rotatable bonds is 2. The highest BCUT2D eigenvalue weighted by atomic mass is 32.1. The quantitative estimate of drug-likeness (QED) is 0.497. The summed E-state index contributed by atoms with van der Waals surface area (Å²) in [6.45, 7) is 0. The molecule has 0 fully saturated rings. The Bertz CT molecular complexity index is 805. The van der Waals surface area contributed by atoms with Crippen molar-refractivity contribution in [2.45, 2.75) is 0 Å². The Hall–Kier alpha value is -1.99. The van der Waals surface area contributed by atoms with Gasteiger partial charge in [-0.25, -0.2) is 0 Å². The fourth-order valence-electron chi connectivity index (χ4n) is 1.73. The largest absolute Gasteiger partial charge is 0.361 e. The second-order valence-electron chi connectivity index (χ2n) is 3.71. The Kier molecular flexibility index (Phi) is 2.69. The minimum atomic E-state index is 0.441. The van der Waals surface area contributed by atoms with Crippen LogP contribution < -0.4 is 0 Å². The van der Waals surface area contributed by atoms with Crippen molar-refractivity contribution in [3.63, 3.8) is 0 Å². The summed E-state index contributed by atoms with van der Waals surface area (Å²) in [5.41, 5.74) is 2.06. The molecule has 0 unspecified atom stereocenters. The Morgan fingerprint density at radius 1 is 1.11 bits per heavy atom. The van der Waals surface area contributed by atoms with E-state index in [0.29, 0.717) is 9.54 Å². The summed E-state index contributed by atoms with van der Waals surface area (Å²) in [4.78, 5) is 3.18. The van der Waals surface area contributed by atoms with Crippen molar-refractivity contribution in [1.82, 2.24) is 19.9 Å². The number of hydrogen-bond acceptors (Lipinski definition) is 3. The molecule has 2 aromatic heterocycles. The second-order valence-corrected chi connectivity index (χ2v) is 4.48. The van der Waals surface area contributed by atoms with E-state index in [2.05, 4.69) is 20.3 Å². The fourth-order valence-corrected chi connectivity index (χ4v) is 2.17. The predicted octanol–water partition coefficient (Wildman–Crippen LogP) is 2.97. The van der Waals surface area contributed by atoms with Crippen LogP contribution in [0.2, 0.25) is 0 Å². The highest BCUT2D eigenvalue weighted by molar-refractivity contribution is 7.72. The number of fused-ring (bicyclic) bond motifs is 1. The van der Waals surface area contributed by atoms with Crippen LogP contribution in [-0.2, 0) is 0 Å². The minimum Gasteiger partial charge on any atom is -0.361 e. The molecule has 7 heteroatoms. The van der Waals surface area contributed by atoms with Gasteiger partial charge in [0.25, 0.3) is 0 Å². The molecule has 0 aliphatic carbocycles. The third kappa shape index (κ3) is 1.83. The number of aromatic amines is 3. The van der Waals surface area contributed by atoms with Gasteiger partial charge in [0, 0.05) is 22.7 Å². The summed E-state index contributed by atoms with van der Waals surface area (Å²) < 4.78 is 2.35. The normalized spacial score (nSPS) is 11.6. The molecular formula is C11H9N5S2. The van der Waals surface area contributed by atoms with Crippen LogP contribution in [0.1, 0.15) is 5.56 Å². The minimum absolute atomic E-state index is 0.441. The van der Waals surface area contributed by atoms with Crippen LogP contribution in [-0.4, -0.2) is 26.1 Å². The Morgan fingerprint density at radius 3 is 2.61 bits per heavy atom. The number of nitrogens with one attached hydrogen (secondary N) is 3. The van der Waals surface area contributed by atoms with E-state index in [1.165, 1.54) is 4.68 Å². The van der Waals surface area contributed by atoms with Crippen molar-refractivity contribution in [3.8, 4) is 0 Å². The zero-order chi connectivity index (χ0) is 12.5. The van der Waals surface area contributed by atoms with Crippen molar-refractivity contribution >= 4 is 41.6 Å². The molecule has 0 saturated heterocycles. The van der Waals surface area contributed by atoms with Crippen molar-refractivity contribution in [1.29, 1.82) is 0 Å². The van der Waals surface area contributed by atoms with Gasteiger partial charge in [0.15, 0.2) is 0 Å². The lowest BCUT2D eigenvalue weighted by Crippen LogP contribution is -1.90. The zero-order valence-electron chi connectivity index (χ0n) is 9.18. The molecule has 0 aliphatic heterocycles. The molecule has 18 heavy (non-hydrogen) atoms. The van der Waals surface area contributed by atoms with Crippen molar-refractivity contribution < 1.29 is 0 Å². The van der Waals surface area contributed by atoms with E-state index in [0.717, 1.165) is 16.5 Å². The van der Waals surface area contributed by atoms with Gasteiger partial charge < -0.3 is 4.98 Å². The maximum atomic E-state index is 5.05. The predicted molar refractivity (Wildman–Crippen MR) is 76.1 cm³/mol. The molecule has 0 bridgehead atoms. The monoisotopic (exact) mass is 275 g/mol. The van der Waals surface area contributed by atoms with Crippen molar-refractivity contribution in [3.05, 3.63) is 45.6 Å². The summed E-state index contributed by atoms with van der Waals surface area (Å²) in [7, 11) is 0. The number of benzene rings is 1. The lowest BCUT2D eigenvalue weighted by Gasteiger charge is -1.91. The first kappa shape index (κ1) is 11.1. The van der Waals surface area contributed by atoms with E-state index in [1.807, 2.05) is 30.5 Å². The molecule has 0 saturated carbocycles. The van der Waals surface area contributed by atoms with Crippen molar-refractivity contribution in [2.75, 3.05) is 0 Å². The van der Waals surface area contributed by atoms with Gasteiger partial charge in [0.1, 0.15) is 0 Å². The summed E-state index contributed by atoms with van der Waals surface area (Å²) in [6, 6.07) is 8.02. The van der Waals surface area contributed by atoms with Crippen LogP contribution in [0, 0.1) is 9.54 Å².